The second kappa shape index (κ2) is 8.41. The molecule has 0 unspecified atom stereocenters. The molecule has 0 bridgehead atoms. The monoisotopic (exact) mass is 424 g/mol. The van der Waals surface area contributed by atoms with E-state index in [0.717, 1.165) is 12.7 Å². The van der Waals surface area contributed by atoms with Crippen LogP contribution >= 0.6 is 0 Å². The zero-order chi connectivity index (χ0) is 22.0. The predicted molar refractivity (Wildman–Crippen MR) is 106 cm³/mol. The first-order valence-corrected chi connectivity index (χ1v) is 10.1. The number of carbonyl (C=O) groups excluding carboxylic acids is 2. The second-order valence-corrected chi connectivity index (χ2v) is 7.97. The number of carbonyl (C=O) groups is 2. The second-order valence-electron chi connectivity index (χ2n) is 7.97. The van der Waals surface area contributed by atoms with Crippen LogP contribution in [-0.4, -0.2) is 66.7 Å². The molecule has 30 heavy (non-hydrogen) atoms. The van der Waals surface area contributed by atoms with Crippen molar-refractivity contribution in [3.8, 4) is 0 Å². The normalized spacial score (nSPS) is 21.2. The Bertz CT molecular complexity index is 779. The van der Waals surface area contributed by atoms with Crippen LogP contribution in [0.3, 0.4) is 0 Å². The summed E-state index contributed by atoms with van der Waals surface area (Å²) in [4.78, 5) is 28.8. The van der Waals surface area contributed by atoms with E-state index in [1.807, 2.05) is 30.3 Å². The van der Waals surface area contributed by atoms with Crippen LogP contribution in [0.5, 0.6) is 0 Å². The van der Waals surface area contributed by atoms with Crippen LogP contribution in [0.15, 0.2) is 43.0 Å². The van der Waals surface area contributed by atoms with Crippen molar-refractivity contribution in [1.29, 1.82) is 0 Å². The number of ether oxygens (including phenoxy) is 1. The van der Waals surface area contributed by atoms with Crippen LogP contribution in [0.25, 0.3) is 0 Å². The quantitative estimate of drug-likeness (QED) is 0.697. The number of methoxy groups -OCH3 is 1. The van der Waals surface area contributed by atoms with Gasteiger partial charge < -0.3 is 14.5 Å². The highest BCUT2D eigenvalue weighted by Crippen LogP contribution is 2.43. The van der Waals surface area contributed by atoms with Gasteiger partial charge in [-0.15, -0.1) is 0 Å². The first kappa shape index (κ1) is 22.3. The molecule has 2 saturated heterocycles. The number of halogens is 3. The third-order valence-corrected chi connectivity index (χ3v) is 6.60. The van der Waals surface area contributed by atoms with Crippen LogP contribution in [-0.2, 0) is 19.7 Å². The molecular formula is C22H27F3N2O3. The fraction of sp³-hybridized carbons (Fsp3) is 0.545. The summed E-state index contributed by atoms with van der Waals surface area (Å²) in [5.41, 5.74) is -2.23. The van der Waals surface area contributed by atoms with Gasteiger partial charge in [-0.05, 0) is 24.5 Å². The van der Waals surface area contributed by atoms with Crippen molar-refractivity contribution in [2.24, 2.45) is 0 Å². The molecule has 2 amide bonds. The van der Waals surface area contributed by atoms with Gasteiger partial charge in [0.1, 0.15) is 0 Å². The summed E-state index contributed by atoms with van der Waals surface area (Å²) in [6, 6.07) is 9.31. The Labute approximate surface area is 174 Å². The molecule has 0 spiro atoms. The molecule has 2 fully saturated rings. The number of nitrogens with zero attached hydrogens (tertiary/aromatic N) is 2. The molecule has 1 aromatic carbocycles. The van der Waals surface area contributed by atoms with E-state index in [1.165, 1.54) is 11.0 Å². The third-order valence-electron chi connectivity index (χ3n) is 6.60. The Morgan fingerprint density at radius 1 is 1.00 bits per heavy atom. The average molecular weight is 424 g/mol. The maximum atomic E-state index is 13.7. The van der Waals surface area contributed by atoms with Crippen molar-refractivity contribution in [1.82, 2.24) is 9.80 Å². The minimum atomic E-state index is -4.48. The molecule has 0 aliphatic carbocycles. The predicted octanol–water partition coefficient (Wildman–Crippen LogP) is 3.30. The molecule has 2 heterocycles. The molecule has 0 radical (unpaired) electrons. The highest BCUT2D eigenvalue weighted by Gasteiger charge is 2.57. The van der Waals surface area contributed by atoms with Gasteiger partial charge in [0, 0.05) is 46.1 Å². The van der Waals surface area contributed by atoms with E-state index in [1.54, 1.807) is 4.90 Å². The number of hydrogen-bond donors (Lipinski definition) is 0. The summed E-state index contributed by atoms with van der Waals surface area (Å²) < 4.78 is 45.4. The van der Waals surface area contributed by atoms with Crippen LogP contribution in [0.1, 0.15) is 31.2 Å². The highest BCUT2D eigenvalue weighted by molar-refractivity contribution is 5.90. The summed E-state index contributed by atoms with van der Waals surface area (Å²) in [6.45, 7) is 4.26. The van der Waals surface area contributed by atoms with E-state index in [2.05, 4.69) is 6.58 Å². The fourth-order valence-corrected chi connectivity index (χ4v) is 4.60. The molecule has 5 nitrogen and oxygen atoms in total. The molecule has 164 valence electrons. The number of alkyl halides is 3. The van der Waals surface area contributed by atoms with Crippen molar-refractivity contribution < 1.29 is 27.5 Å². The zero-order valence-corrected chi connectivity index (χ0v) is 17.1. The summed E-state index contributed by atoms with van der Waals surface area (Å²) in [7, 11) is 1.07. The van der Waals surface area contributed by atoms with Gasteiger partial charge in [0.05, 0.1) is 5.41 Å². The van der Waals surface area contributed by atoms with Gasteiger partial charge in [0.2, 0.25) is 11.8 Å². The van der Waals surface area contributed by atoms with E-state index in [-0.39, 0.29) is 37.7 Å². The van der Waals surface area contributed by atoms with Crippen molar-refractivity contribution in [2.75, 3.05) is 33.3 Å². The number of hydrogen-bond acceptors (Lipinski definition) is 3. The molecule has 0 N–H and O–H groups in total. The van der Waals surface area contributed by atoms with Gasteiger partial charge in [0.15, 0.2) is 5.60 Å². The Morgan fingerprint density at radius 3 is 2.00 bits per heavy atom. The number of benzene rings is 1. The first-order valence-electron chi connectivity index (χ1n) is 10.1. The maximum absolute atomic E-state index is 13.7. The first-order chi connectivity index (χ1) is 14.2. The molecule has 3 rings (SSSR count). The van der Waals surface area contributed by atoms with Crippen LogP contribution < -0.4 is 0 Å². The Kier molecular flexibility index (Phi) is 6.26. The van der Waals surface area contributed by atoms with Gasteiger partial charge in [-0.25, -0.2) is 0 Å². The van der Waals surface area contributed by atoms with Crippen molar-refractivity contribution >= 4 is 11.8 Å². The summed E-state index contributed by atoms with van der Waals surface area (Å²) >= 11 is 0. The summed E-state index contributed by atoms with van der Waals surface area (Å²) in [6.07, 6.45) is -2.97. The van der Waals surface area contributed by atoms with Crippen molar-refractivity contribution in [3.63, 3.8) is 0 Å². The van der Waals surface area contributed by atoms with E-state index in [0.29, 0.717) is 25.9 Å². The van der Waals surface area contributed by atoms with Gasteiger partial charge in [0.25, 0.3) is 0 Å². The van der Waals surface area contributed by atoms with Crippen molar-refractivity contribution in [3.05, 3.63) is 48.6 Å². The summed E-state index contributed by atoms with van der Waals surface area (Å²) in [5, 5.41) is 0. The lowest BCUT2D eigenvalue weighted by Gasteiger charge is -2.47. The van der Waals surface area contributed by atoms with Crippen molar-refractivity contribution in [2.45, 2.75) is 42.9 Å². The van der Waals surface area contributed by atoms with Gasteiger partial charge in [-0.2, -0.15) is 13.2 Å². The smallest absolute Gasteiger partial charge is 0.369 e. The Morgan fingerprint density at radius 2 is 1.53 bits per heavy atom. The van der Waals surface area contributed by atoms with Crippen LogP contribution in [0, 0.1) is 0 Å². The lowest BCUT2D eigenvalue weighted by atomic mass is 9.71. The molecule has 2 aliphatic rings. The topological polar surface area (TPSA) is 49.9 Å². The molecule has 0 atom stereocenters. The van der Waals surface area contributed by atoms with Gasteiger partial charge in [-0.1, -0.05) is 36.9 Å². The number of rotatable bonds is 4. The molecule has 2 aliphatic heterocycles. The average Bonchev–Trinajstić information content (AvgIpc) is 2.78. The van der Waals surface area contributed by atoms with E-state index < -0.39 is 17.2 Å². The SMILES string of the molecule is C=CC(=O)N1CCC(C(=O)N2CCC(OC)(C(F)(F)F)CC2)(c2ccccc2)CC1. The maximum Gasteiger partial charge on any atom is 0.417 e. The largest absolute Gasteiger partial charge is 0.417 e. The molecule has 0 saturated carbocycles. The molecule has 0 aromatic heterocycles. The Hall–Kier alpha value is -2.35. The summed E-state index contributed by atoms with van der Waals surface area (Å²) in [5.74, 6) is -0.358. The lowest BCUT2D eigenvalue weighted by molar-refractivity contribution is -0.282. The van der Waals surface area contributed by atoms with Crippen LogP contribution in [0.2, 0.25) is 0 Å². The van der Waals surface area contributed by atoms with E-state index >= 15 is 0 Å². The zero-order valence-electron chi connectivity index (χ0n) is 17.1. The number of likely N-dealkylation sites (tertiary alicyclic amines) is 2. The third kappa shape index (κ3) is 3.85. The molecule has 1 aromatic rings. The van der Waals surface area contributed by atoms with Crippen LogP contribution in [0.4, 0.5) is 13.2 Å². The highest BCUT2D eigenvalue weighted by atomic mass is 19.4. The lowest BCUT2D eigenvalue weighted by Crippen LogP contribution is -2.59. The standard InChI is InChI=1S/C22H27F3N2O3/c1-3-18(28)26-13-9-20(10-14-26,17-7-5-4-6-8-17)19(29)27-15-11-21(30-2,12-16-27)22(23,24)25/h3-8H,1,9-16H2,2H3. The molecule has 8 heteroatoms. The minimum absolute atomic E-state index is 0.0178. The number of piperidine rings is 2. The van der Waals surface area contributed by atoms with Gasteiger partial charge >= 0.3 is 6.18 Å². The number of amides is 2. The fourth-order valence-electron chi connectivity index (χ4n) is 4.60. The molecular weight excluding hydrogens is 397 g/mol. The minimum Gasteiger partial charge on any atom is -0.369 e. The van der Waals surface area contributed by atoms with Gasteiger partial charge in [-0.3, -0.25) is 9.59 Å². The van der Waals surface area contributed by atoms with E-state index in [4.69, 9.17) is 4.74 Å². The van der Waals surface area contributed by atoms with E-state index in [9.17, 15) is 22.8 Å². The Balaban J connectivity index is 1.83.